The molecule has 0 aliphatic rings. The minimum atomic E-state index is -0.776. The number of aliphatic hydroxyl groups is 1. The van der Waals surface area contributed by atoms with E-state index in [1.807, 2.05) is 13.0 Å². The van der Waals surface area contributed by atoms with Crippen LogP contribution in [0.4, 0.5) is 0 Å². The fourth-order valence-corrected chi connectivity index (χ4v) is 2.40. The second kappa shape index (κ2) is 6.03. The third kappa shape index (κ3) is 3.76. The summed E-state index contributed by atoms with van der Waals surface area (Å²) in [5.74, 6) is -0.0543. The van der Waals surface area contributed by atoms with Gasteiger partial charge < -0.3 is 5.11 Å². The van der Waals surface area contributed by atoms with Crippen LogP contribution in [0.25, 0.3) is 0 Å². The van der Waals surface area contributed by atoms with E-state index in [2.05, 4.69) is 13.0 Å². The molecule has 0 saturated heterocycles. The van der Waals surface area contributed by atoms with Gasteiger partial charge in [-0.05, 0) is 25.0 Å². The second-order valence-electron chi connectivity index (χ2n) is 3.67. The smallest absolute Gasteiger partial charge is 0.166 e. The number of hydrogen-bond acceptors (Lipinski definition) is 3. The highest BCUT2D eigenvalue weighted by Gasteiger charge is 2.14. The molecule has 1 aromatic heterocycles. The zero-order valence-electron chi connectivity index (χ0n) is 9.32. The van der Waals surface area contributed by atoms with Gasteiger partial charge in [0.1, 0.15) is 6.10 Å². The Kier molecular flexibility index (Phi) is 4.99. The van der Waals surface area contributed by atoms with E-state index in [4.69, 9.17) is 0 Å². The number of carbonyl (C=O) groups is 1. The van der Waals surface area contributed by atoms with Gasteiger partial charge in [-0.3, -0.25) is 4.79 Å². The van der Waals surface area contributed by atoms with Crippen molar-refractivity contribution in [1.82, 2.24) is 0 Å². The summed E-state index contributed by atoms with van der Waals surface area (Å²) in [6.45, 7) is 4.07. The van der Waals surface area contributed by atoms with E-state index in [1.54, 1.807) is 11.3 Å². The Labute approximate surface area is 94.9 Å². The second-order valence-corrected chi connectivity index (χ2v) is 4.92. The SMILES string of the molecule is CCCC(O)C(=O)Cc1ccc(CC)s1. The van der Waals surface area contributed by atoms with E-state index in [-0.39, 0.29) is 5.78 Å². The molecule has 1 N–H and O–H groups in total. The monoisotopic (exact) mass is 226 g/mol. The average Bonchev–Trinajstić information content (AvgIpc) is 2.66. The number of aliphatic hydroxyl groups excluding tert-OH is 1. The van der Waals surface area contributed by atoms with Crippen LogP contribution in [0.15, 0.2) is 12.1 Å². The van der Waals surface area contributed by atoms with Crippen molar-refractivity contribution in [2.75, 3.05) is 0 Å². The minimum Gasteiger partial charge on any atom is -0.385 e. The lowest BCUT2D eigenvalue weighted by Gasteiger charge is -2.06. The van der Waals surface area contributed by atoms with E-state index in [1.165, 1.54) is 4.88 Å². The van der Waals surface area contributed by atoms with Crippen molar-refractivity contribution < 1.29 is 9.90 Å². The average molecular weight is 226 g/mol. The first-order valence-electron chi connectivity index (χ1n) is 5.45. The Morgan fingerprint density at radius 2 is 2.07 bits per heavy atom. The van der Waals surface area contributed by atoms with E-state index in [9.17, 15) is 9.90 Å². The van der Waals surface area contributed by atoms with Crippen molar-refractivity contribution in [3.05, 3.63) is 21.9 Å². The topological polar surface area (TPSA) is 37.3 Å². The van der Waals surface area contributed by atoms with Crippen LogP contribution in [-0.2, 0) is 17.6 Å². The molecule has 3 heteroatoms. The fraction of sp³-hybridized carbons (Fsp3) is 0.583. The predicted molar refractivity (Wildman–Crippen MR) is 63.3 cm³/mol. The molecule has 0 aliphatic heterocycles. The Morgan fingerprint density at radius 3 is 2.60 bits per heavy atom. The minimum absolute atomic E-state index is 0.0543. The maximum atomic E-state index is 11.6. The molecule has 1 unspecified atom stereocenters. The Balaban J connectivity index is 2.50. The van der Waals surface area contributed by atoms with Gasteiger partial charge in [-0.2, -0.15) is 0 Å². The van der Waals surface area contributed by atoms with Crippen LogP contribution in [0.1, 0.15) is 36.4 Å². The van der Waals surface area contributed by atoms with E-state index >= 15 is 0 Å². The molecule has 0 amide bonds. The van der Waals surface area contributed by atoms with Crippen LogP contribution >= 0.6 is 11.3 Å². The summed E-state index contributed by atoms with van der Waals surface area (Å²) in [6.07, 6.45) is 2.03. The van der Waals surface area contributed by atoms with Gasteiger partial charge in [0, 0.05) is 16.2 Å². The van der Waals surface area contributed by atoms with Crippen LogP contribution < -0.4 is 0 Å². The van der Waals surface area contributed by atoms with Crippen LogP contribution in [-0.4, -0.2) is 17.0 Å². The Bertz CT molecular complexity index is 317. The predicted octanol–water partition coefficient (Wildman–Crippen LogP) is 2.58. The summed E-state index contributed by atoms with van der Waals surface area (Å²) < 4.78 is 0. The highest BCUT2D eigenvalue weighted by molar-refractivity contribution is 7.12. The van der Waals surface area contributed by atoms with Gasteiger partial charge in [-0.25, -0.2) is 0 Å². The number of aryl methyl sites for hydroxylation is 1. The molecule has 0 bridgehead atoms. The third-order valence-corrected chi connectivity index (χ3v) is 3.58. The van der Waals surface area contributed by atoms with Gasteiger partial charge in [0.2, 0.25) is 0 Å². The van der Waals surface area contributed by atoms with Crippen LogP contribution in [0.5, 0.6) is 0 Å². The molecule has 0 saturated carbocycles. The van der Waals surface area contributed by atoms with Gasteiger partial charge in [-0.1, -0.05) is 20.3 Å². The van der Waals surface area contributed by atoms with E-state index in [0.29, 0.717) is 12.8 Å². The van der Waals surface area contributed by atoms with Crippen molar-refractivity contribution in [1.29, 1.82) is 0 Å². The summed E-state index contributed by atoms with van der Waals surface area (Å²) >= 11 is 1.66. The quantitative estimate of drug-likeness (QED) is 0.809. The molecule has 1 heterocycles. The highest BCUT2D eigenvalue weighted by atomic mass is 32.1. The molecule has 0 aliphatic carbocycles. The maximum absolute atomic E-state index is 11.6. The number of ketones is 1. The summed E-state index contributed by atoms with van der Waals surface area (Å²) in [5.41, 5.74) is 0. The number of thiophene rings is 1. The molecular weight excluding hydrogens is 208 g/mol. The maximum Gasteiger partial charge on any atom is 0.166 e. The first kappa shape index (κ1) is 12.4. The summed E-state index contributed by atoms with van der Waals surface area (Å²) in [7, 11) is 0. The molecule has 84 valence electrons. The van der Waals surface area contributed by atoms with Crippen molar-refractivity contribution in [2.45, 2.75) is 45.6 Å². The van der Waals surface area contributed by atoms with E-state index in [0.717, 1.165) is 17.7 Å². The Hall–Kier alpha value is -0.670. The van der Waals surface area contributed by atoms with Crippen molar-refractivity contribution in [3.63, 3.8) is 0 Å². The zero-order valence-corrected chi connectivity index (χ0v) is 10.1. The zero-order chi connectivity index (χ0) is 11.3. The van der Waals surface area contributed by atoms with Gasteiger partial charge in [0.25, 0.3) is 0 Å². The summed E-state index contributed by atoms with van der Waals surface area (Å²) in [5, 5.41) is 9.50. The number of rotatable bonds is 6. The molecule has 1 atom stereocenters. The highest BCUT2D eigenvalue weighted by Crippen LogP contribution is 2.18. The molecule has 15 heavy (non-hydrogen) atoms. The largest absolute Gasteiger partial charge is 0.385 e. The van der Waals surface area contributed by atoms with Crippen molar-refractivity contribution >= 4 is 17.1 Å². The molecule has 0 aromatic carbocycles. The molecule has 1 aromatic rings. The normalized spacial score (nSPS) is 12.7. The van der Waals surface area contributed by atoms with Gasteiger partial charge in [-0.15, -0.1) is 11.3 Å². The van der Waals surface area contributed by atoms with Crippen LogP contribution in [0, 0.1) is 0 Å². The standard InChI is InChI=1S/C12H18O2S/c1-3-5-11(13)12(14)8-10-7-6-9(4-2)15-10/h6-7,11,13H,3-5,8H2,1-2H3. The third-order valence-electron chi connectivity index (χ3n) is 2.35. The Morgan fingerprint density at radius 1 is 1.40 bits per heavy atom. The molecule has 0 spiro atoms. The molecular formula is C12H18O2S. The first-order valence-corrected chi connectivity index (χ1v) is 6.27. The lowest BCUT2D eigenvalue weighted by atomic mass is 10.1. The molecule has 0 radical (unpaired) electrons. The fourth-order valence-electron chi connectivity index (χ4n) is 1.43. The van der Waals surface area contributed by atoms with Gasteiger partial charge >= 0.3 is 0 Å². The lowest BCUT2D eigenvalue weighted by Crippen LogP contribution is -2.21. The van der Waals surface area contributed by atoms with Crippen LogP contribution in [0.3, 0.4) is 0 Å². The number of carbonyl (C=O) groups excluding carboxylic acids is 1. The number of Topliss-reactive ketones (excluding diaryl/α,β-unsaturated/α-hetero) is 1. The first-order chi connectivity index (χ1) is 7.17. The van der Waals surface area contributed by atoms with E-state index < -0.39 is 6.10 Å². The van der Waals surface area contributed by atoms with Gasteiger partial charge in [0.15, 0.2) is 5.78 Å². The molecule has 0 fully saturated rings. The van der Waals surface area contributed by atoms with Crippen molar-refractivity contribution in [3.8, 4) is 0 Å². The molecule has 2 nitrogen and oxygen atoms in total. The summed E-state index contributed by atoms with van der Waals surface area (Å²) in [6, 6.07) is 4.04. The van der Waals surface area contributed by atoms with Crippen LogP contribution in [0.2, 0.25) is 0 Å². The van der Waals surface area contributed by atoms with Gasteiger partial charge in [0.05, 0.1) is 0 Å². The number of hydrogen-bond donors (Lipinski definition) is 1. The molecule has 1 rings (SSSR count). The van der Waals surface area contributed by atoms with Crippen molar-refractivity contribution in [2.24, 2.45) is 0 Å². The lowest BCUT2D eigenvalue weighted by molar-refractivity contribution is -0.126. The summed E-state index contributed by atoms with van der Waals surface area (Å²) in [4.78, 5) is 13.9.